The van der Waals surface area contributed by atoms with Crippen molar-refractivity contribution in [2.75, 3.05) is 13.1 Å². The molecule has 6 heteroatoms. The maximum absolute atomic E-state index is 12.0. The van der Waals surface area contributed by atoms with Gasteiger partial charge in [-0.15, -0.1) is 0 Å². The summed E-state index contributed by atoms with van der Waals surface area (Å²) in [7, 11) is 0. The standard InChI is InChI=1S/C15H19N3O3/c1-3-18(8-10(2)15(20)21)9-13-16-12-7-5-4-6-11(12)14(19)17-13/h4-7,10H,3,8-9H2,1-2H3,(H,20,21)(H,16,17,19). The van der Waals surface area contributed by atoms with Gasteiger partial charge in [-0.1, -0.05) is 26.0 Å². The van der Waals surface area contributed by atoms with E-state index in [0.29, 0.717) is 36.4 Å². The van der Waals surface area contributed by atoms with Crippen LogP contribution in [0, 0.1) is 5.92 Å². The molecule has 0 aliphatic rings. The molecule has 0 bridgehead atoms. The van der Waals surface area contributed by atoms with Gasteiger partial charge >= 0.3 is 5.97 Å². The Morgan fingerprint density at radius 3 is 2.81 bits per heavy atom. The predicted molar refractivity (Wildman–Crippen MR) is 80.1 cm³/mol. The van der Waals surface area contributed by atoms with Gasteiger partial charge in [0.15, 0.2) is 0 Å². The Kier molecular flexibility index (Phi) is 4.70. The molecule has 0 spiro atoms. The summed E-state index contributed by atoms with van der Waals surface area (Å²) in [6.07, 6.45) is 0. The van der Waals surface area contributed by atoms with Crippen molar-refractivity contribution in [1.29, 1.82) is 0 Å². The number of nitrogens with one attached hydrogen (secondary N) is 1. The number of benzene rings is 1. The number of carbonyl (C=O) groups is 1. The fourth-order valence-corrected chi connectivity index (χ4v) is 2.19. The number of rotatable bonds is 6. The summed E-state index contributed by atoms with van der Waals surface area (Å²) in [5.41, 5.74) is 0.483. The third kappa shape index (κ3) is 3.66. The smallest absolute Gasteiger partial charge is 0.307 e. The number of fused-ring (bicyclic) bond motifs is 1. The molecule has 1 atom stereocenters. The van der Waals surface area contributed by atoms with Gasteiger partial charge in [0.2, 0.25) is 0 Å². The van der Waals surface area contributed by atoms with Crippen LogP contribution in [0.25, 0.3) is 10.9 Å². The van der Waals surface area contributed by atoms with Gasteiger partial charge in [0.05, 0.1) is 23.4 Å². The molecule has 1 aromatic heterocycles. The molecule has 21 heavy (non-hydrogen) atoms. The number of para-hydroxylation sites is 1. The Bertz CT molecular complexity index is 696. The number of hydrogen-bond acceptors (Lipinski definition) is 4. The fraction of sp³-hybridized carbons (Fsp3) is 0.400. The van der Waals surface area contributed by atoms with Crippen molar-refractivity contribution < 1.29 is 9.90 Å². The molecule has 0 fully saturated rings. The zero-order valence-corrected chi connectivity index (χ0v) is 12.2. The molecule has 112 valence electrons. The molecule has 0 aliphatic heterocycles. The van der Waals surface area contributed by atoms with E-state index >= 15 is 0 Å². The molecule has 0 radical (unpaired) electrons. The second-order valence-electron chi connectivity index (χ2n) is 5.10. The van der Waals surface area contributed by atoms with Crippen LogP contribution in [0.2, 0.25) is 0 Å². The quantitative estimate of drug-likeness (QED) is 0.841. The number of nitrogens with zero attached hydrogens (tertiary/aromatic N) is 2. The van der Waals surface area contributed by atoms with E-state index in [1.54, 1.807) is 25.1 Å². The van der Waals surface area contributed by atoms with Crippen LogP contribution in [-0.4, -0.2) is 39.0 Å². The van der Waals surface area contributed by atoms with Crippen LogP contribution >= 0.6 is 0 Å². The van der Waals surface area contributed by atoms with E-state index in [1.165, 1.54) is 0 Å². The van der Waals surface area contributed by atoms with Crippen LogP contribution in [-0.2, 0) is 11.3 Å². The first-order valence-electron chi connectivity index (χ1n) is 6.94. The summed E-state index contributed by atoms with van der Waals surface area (Å²) in [5.74, 6) is -0.733. The first kappa shape index (κ1) is 15.2. The SMILES string of the molecule is CCN(Cc1nc2ccccc2c(=O)[nH]1)CC(C)C(=O)O. The third-order valence-corrected chi connectivity index (χ3v) is 3.44. The fourth-order valence-electron chi connectivity index (χ4n) is 2.19. The lowest BCUT2D eigenvalue weighted by atomic mass is 10.1. The Morgan fingerprint density at radius 1 is 1.43 bits per heavy atom. The monoisotopic (exact) mass is 289 g/mol. The zero-order chi connectivity index (χ0) is 15.4. The van der Waals surface area contributed by atoms with Gasteiger partial charge in [0, 0.05) is 6.54 Å². The van der Waals surface area contributed by atoms with Crippen molar-refractivity contribution in [3.63, 3.8) is 0 Å². The zero-order valence-electron chi connectivity index (χ0n) is 12.2. The summed E-state index contributed by atoms with van der Waals surface area (Å²) in [6.45, 7) is 5.15. The summed E-state index contributed by atoms with van der Waals surface area (Å²) >= 11 is 0. The summed E-state index contributed by atoms with van der Waals surface area (Å²) in [5, 5.41) is 9.54. The van der Waals surface area contributed by atoms with E-state index in [0.717, 1.165) is 0 Å². The minimum absolute atomic E-state index is 0.169. The highest BCUT2D eigenvalue weighted by molar-refractivity contribution is 5.77. The van der Waals surface area contributed by atoms with Crippen LogP contribution in [0.3, 0.4) is 0 Å². The molecule has 0 amide bonds. The Labute approximate surface area is 122 Å². The van der Waals surface area contributed by atoms with E-state index in [9.17, 15) is 9.59 Å². The average Bonchev–Trinajstić information content (AvgIpc) is 2.46. The van der Waals surface area contributed by atoms with Gasteiger partial charge in [0.25, 0.3) is 5.56 Å². The van der Waals surface area contributed by atoms with E-state index in [4.69, 9.17) is 5.11 Å². The molecule has 2 rings (SSSR count). The van der Waals surface area contributed by atoms with E-state index in [-0.39, 0.29) is 5.56 Å². The number of aromatic nitrogens is 2. The number of aromatic amines is 1. The molecule has 0 saturated heterocycles. The molecule has 6 nitrogen and oxygen atoms in total. The van der Waals surface area contributed by atoms with Gasteiger partial charge in [-0.3, -0.25) is 14.5 Å². The first-order chi connectivity index (χ1) is 10.0. The highest BCUT2D eigenvalue weighted by Gasteiger charge is 2.16. The highest BCUT2D eigenvalue weighted by Crippen LogP contribution is 2.08. The van der Waals surface area contributed by atoms with Gasteiger partial charge < -0.3 is 10.1 Å². The average molecular weight is 289 g/mol. The lowest BCUT2D eigenvalue weighted by molar-refractivity contribution is -0.141. The predicted octanol–water partition coefficient (Wildman–Crippen LogP) is 1.47. The molecule has 1 aromatic carbocycles. The number of aliphatic carboxylic acids is 1. The lowest BCUT2D eigenvalue weighted by Gasteiger charge is -2.21. The van der Waals surface area contributed by atoms with Crippen LogP contribution in [0.4, 0.5) is 0 Å². The minimum atomic E-state index is -0.826. The third-order valence-electron chi connectivity index (χ3n) is 3.44. The normalized spacial score (nSPS) is 12.7. The van der Waals surface area contributed by atoms with Crippen molar-refractivity contribution in [1.82, 2.24) is 14.9 Å². The Morgan fingerprint density at radius 2 is 2.14 bits per heavy atom. The summed E-state index contributed by atoms with van der Waals surface area (Å²) < 4.78 is 0. The van der Waals surface area contributed by atoms with Crippen LogP contribution in [0.15, 0.2) is 29.1 Å². The molecule has 2 aromatic rings. The largest absolute Gasteiger partial charge is 0.481 e. The van der Waals surface area contributed by atoms with Crippen LogP contribution in [0.5, 0.6) is 0 Å². The van der Waals surface area contributed by atoms with Gasteiger partial charge in [-0.25, -0.2) is 4.98 Å². The van der Waals surface area contributed by atoms with Crippen molar-refractivity contribution in [3.05, 3.63) is 40.4 Å². The molecular formula is C15H19N3O3. The van der Waals surface area contributed by atoms with Crippen molar-refractivity contribution in [3.8, 4) is 0 Å². The Hall–Kier alpha value is -2.21. The second kappa shape index (κ2) is 6.49. The topological polar surface area (TPSA) is 86.3 Å². The number of H-pyrrole nitrogens is 1. The van der Waals surface area contributed by atoms with Gasteiger partial charge in [-0.05, 0) is 18.7 Å². The minimum Gasteiger partial charge on any atom is -0.481 e. The second-order valence-corrected chi connectivity index (χ2v) is 5.10. The van der Waals surface area contributed by atoms with E-state index < -0.39 is 11.9 Å². The summed E-state index contributed by atoms with van der Waals surface area (Å²) in [6, 6.07) is 7.16. The molecule has 2 N–H and O–H groups in total. The van der Waals surface area contributed by atoms with Crippen molar-refractivity contribution in [2.45, 2.75) is 20.4 Å². The van der Waals surface area contributed by atoms with E-state index in [1.807, 2.05) is 17.9 Å². The summed E-state index contributed by atoms with van der Waals surface area (Å²) in [4.78, 5) is 32.1. The number of carboxylic acid groups (broad SMARTS) is 1. The number of carboxylic acids is 1. The van der Waals surface area contributed by atoms with Gasteiger partial charge in [-0.2, -0.15) is 0 Å². The van der Waals surface area contributed by atoms with Crippen molar-refractivity contribution in [2.24, 2.45) is 5.92 Å². The molecule has 0 saturated carbocycles. The van der Waals surface area contributed by atoms with Crippen LogP contribution in [0.1, 0.15) is 19.7 Å². The number of hydrogen-bond donors (Lipinski definition) is 2. The van der Waals surface area contributed by atoms with Crippen LogP contribution < -0.4 is 5.56 Å². The molecular weight excluding hydrogens is 270 g/mol. The Balaban J connectivity index is 2.21. The molecule has 1 unspecified atom stereocenters. The first-order valence-corrected chi connectivity index (χ1v) is 6.94. The highest BCUT2D eigenvalue weighted by atomic mass is 16.4. The maximum Gasteiger partial charge on any atom is 0.307 e. The van der Waals surface area contributed by atoms with Gasteiger partial charge in [0.1, 0.15) is 5.82 Å². The molecule has 0 aliphatic carbocycles. The van der Waals surface area contributed by atoms with Crippen molar-refractivity contribution >= 4 is 16.9 Å². The maximum atomic E-state index is 12.0. The molecule has 1 heterocycles. The van der Waals surface area contributed by atoms with E-state index in [2.05, 4.69) is 9.97 Å². The lowest BCUT2D eigenvalue weighted by Crippen LogP contribution is -2.32.